The smallest absolute Gasteiger partial charge is 0.259 e. The van der Waals surface area contributed by atoms with Crippen LogP contribution >= 0.6 is 0 Å². The van der Waals surface area contributed by atoms with E-state index in [9.17, 15) is 4.79 Å². The van der Waals surface area contributed by atoms with Crippen molar-refractivity contribution in [1.29, 1.82) is 0 Å². The van der Waals surface area contributed by atoms with Crippen LogP contribution in [0, 0.1) is 0 Å². The maximum Gasteiger partial charge on any atom is 0.259 e. The molecule has 5 heteroatoms. The first-order valence-electron chi connectivity index (χ1n) is 10.2. The van der Waals surface area contributed by atoms with E-state index in [2.05, 4.69) is 5.32 Å². The standard InChI is InChI=1S/C25H25NO4/c27-25(23-10-4-5-11-24(23)30-17-19-7-2-1-3-8-19)26-20-12-14-21(15-13-20)29-18-22-9-6-16-28-22/h1-5,7-8,10-15,22H,6,9,16-18H2,(H,26,27)/t22-/m1/s1. The number of nitrogens with one attached hydrogen (secondary N) is 1. The first-order chi connectivity index (χ1) is 14.8. The molecule has 30 heavy (non-hydrogen) atoms. The van der Waals surface area contributed by atoms with Gasteiger partial charge in [-0.25, -0.2) is 0 Å². The second-order valence-corrected chi connectivity index (χ2v) is 7.19. The third-order valence-corrected chi connectivity index (χ3v) is 4.94. The summed E-state index contributed by atoms with van der Waals surface area (Å²) < 4.78 is 17.2. The van der Waals surface area contributed by atoms with Crippen molar-refractivity contribution in [2.45, 2.75) is 25.6 Å². The van der Waals surface area contributed by atoms with Gasteiger partial charge in [0.05, 0.1) is 11.7 Å². The fourth-order valence-corrected chi connectivity index (χ4v) is 3.31. The summed E-state index contributed by atoms with van der Waals surface area (Å²) in [5, 5.41) is 2.92. The molecule has 5 nitrogen and oxygen atoms in total. The van der Waals surface area contributed by atoms with Crippen LogP contribution in [0.15, 0.2) is 78.9 Å². The molecule has 0 spiro atoms. The number of rotatable bonds is 8. The molecule has 3 aromatic rings. The number of amides is 1. The molecular formula is C25H25NO4. The molecule has 0 unspecified atom stereocenters. The Morgan fingerprint density at radius 2 is 1.70 bits per heavy atom. The summed E-state index contributed by atoms with van der Waals surface area (Å²) in [5.41, 5.74) is 2.24. The van der Waals surface area contributed by atoms with Gasteiger partial charge in [0.25, 0.3) is 5.91 Å². The molecule has 154 valence electrons. The molecule has 1 fully saturated rings. The molecule has 1 heterocycles. The van der Waals surface area contributed by atoms with Crippen LogP contribution in [0.1, 0.15) is 28.8 Å². The highest BCUT2D eigenvalue weighted by molar-refractivity contribution is 6.06. The average molecular weight is 403 g/mol. The molecule has 0 aliphatic carbocycles. The van der Waals surface area contributed by atoms with Crippen molar-refractivity contribution < 1.29 is 19.0 Å². The Balaban J connectivity index is 1.35. The summed E-state index contributed by atoms with van der Waals surface area (Å²) >= 11 is 0. The molecule has 3 aromatic carbocycles. The lowest BCUT2D eigenvalue weighted by molar-refractivity contribution is 0.0679. The van der Waals surface area contributed by atoms with Crippen LogP contribution < -0.4 is 14.8 Å². The fourth-order valence-electron chi connectivity index (χ4n) is 3.31. The van der Waals surface area contributed by atoms with Crippen LogP contribution in [0.25, 0.3) is 0 Å². The van der Waals surface area contributed by atoms with E-state index in [0.717, 1.165) is 30.8 Å². The summed E-state index contributed by atoms with van der Waals surface area (Å²) in [4.78, 5) is 12.8. The Morgan fingerprint density at radius 1 is 0.933 bits per heavy atom. The predicted molar refractivity (Wildman–Crippen MR) is 116 cm³/mol. The molecular weight excluding hydrogens is 378 g/mol. The van der Waals surface area contributed by atoms with Gasteiger partial charge in [-0.3, -0.25) is 4.79 Å². The van der Waals surface area contributed by atoms with Crippen molar-refractivity contribution in [3.63, 3.8) is 0 Å². The lowest BCUT2D eigenvalue weighted by atomic mass is 10.1. The number of hydrogen-bond acceptors (Lipinski definition) is 4. The van der Waals surface area contributed by atoms with E-state index in [4.69, 9.17) is 14.2 Å². The number of carbonyl (C=O) groups excluding carboxylic acids is 1. The van der Waals surface area contributed by atoms with Crippen LogP contribution in [-0.4, -0.2) is 25.2 Å². The van der Waals surface area contributed by atoms with Crippen molar-refractivity contribution >= 4 is 11.6 Å². The van der Waals surface area contributed by atoms with Gasteiger partial charge in [0.1, 0.15) is 24.7 Å². The van der Waals surface area contributed by atoms with E-state index in [-0.39, 0.29) is 12.0 Å². The first-order valence-corrected chi connectivity index (χ1v) is 10.2. The van der Waals surface area contributed by atoms with Crippen molar-refractivity contribution in [3.05, 3.63) is 90.0 Å². The van der Waals surface area contributed by atoms with Gasteiger partial charge in [-0.1, -0.05) is 42.5 Å². The molecule has 1 amide bonds. The highest BCUT2D eigenvalue weighted by Crippen LogP contribution is 2.23. The summed E-state index contributed by atoms with van der Waals surface area (Å²) in [6.07, 6.45) is 2.31. The van der Waals surface area contributed by atoms with Gasteiger partial charge in [0, 0.05) is 12.3 Å². The monoisotopic (exact) mass is 403 g/mol. The summed E-state index contributed by atoms with van der Waals surface area (Å²) in [6.45, 7) is 1.77. The number of benzene rings is 3. The number of ether oxygens (including phenoxy) is 3. The minimum atomic E-state index is -0.216. The van der Waals surface area contributed by atoms with Crippen LogP contribution in [0.4, 0.5) is 5.69 Å². The first kappa shape index (κ1) is 20.0. The third kappa shape index (κ3) is 5.39. The molecule has 0 radical (unpaired) electrons. The Kier molecular flexibility index (Phi) is 6.62. The largest absolute Gasteiger partial charge is 0.491 e. The van der Waals surface area contributed by atoms with Gasteiger partial charge in [0.2, 0.25) is 0 Å². The van der Waals surface area contributed by atoms with Gasteiger partial charge in [-0.2, -0.15) is 0 Å². The minimum Gasteiger partial charge on any atom is -0.491 e. The molecule has 0 aromatic heterocycles. The third-order valence-electron chi connectivity index (χ3n) is 4.94. The number of para-hydroxylation sites is 1. The average Bonchev–Trinajstić information content (AvgIpc) is 3.32. The topological polar surface area (TPSA) is 56.8 Å². The normalized spacial score (nSPS) is 15.5. The maximum atomic E-state index is 12.8. The van der Waals surface area contributed by atoms with E-state index in [1.807, 2.05) is 66.7 Å². The van der Waals surface area contributed by atoms with Crippen LogP contribution in [-0.2, 0) is 11.3 Å². The predicted octanol–water partition coefficient (Wildman–Crippen LogP) is 5.08. The van der Waals surface area contributed by atoms with E-state index < -0.39 is 0 Å². The summed E-state index contributed by atoms with van der Waals surface area (Å²) in [7, 11) is 0. The fraction of sp³-hybridized carbons (Fsp3) is 0.240. The summed E-state index contributed by atoms with van der Waals surface area (Å²) in [5.74, 6) is 1.09. The second-order valence-electron chi connectivity index (χ2n) is 7.19. The quantitative estimate of drug-likeness (QED) is 0.570. The lowest BCUT2D eigenvalue weighted by Crippen LogP contribution is -2.16. The molecule has 4 rings (SSSR count). The minimum absolute atomic E-state index is 0.178. The van der Waals surface area contributed by atoms with Crippen LogP contribution in [0.5, 0.6) is 11.5 Å². The number of carbonyl (C=O) groups is 1. The SMILES string of the molecule is O=C(Nc1ccc(OC[C@H]2CCCO2)cc1)c1ccccc1OCc1ccccc1. The van der Waals surface area contributed by atoms with Gasteiger partial charge >= 0.3 is 0 Å². The molecule has 1 aliphatic rings. The molecule has 1 N–H and O–H groups in total. The molecule has 0 bridgehead atoms. The van der Waals surface area contributed by atoms with Crippen molar-refractivity contribution in [1.82, 2.24) is 0 Å². The Hall–Kier alpha value is -3.31. The van der Waals surface area contributed by atoms with Gasteiger partial charge in [0.15, 0.2) is 0 Å². The van der Waals surface area contributed by atoms with Crippen molar-refractivity contribution in [3.8, 4) is 11.5 Å². The Bertz CT molecular complexity index is 950. The highest BCUT2D eigenvalue weighted by Gasteiger charge is 2.16. The van der Waals surface area contributed by atoms with Crippen LogP contribution in [0.3, 0.4) is 0 Å². The van der Waals surface area contributed by atoms with Gasteiger partial charge in [-0.15, -0.1) is 0 Å². The molecule has 1 saturated heterocycles. The zero-order chi connectivity index (χ0) is 20.6. The van der Waals surface area contributed by atoms with E-state index in [1.165, 1.54) is 0 Å². The summed E-state index contributed by atoms with van der Waals surface area (Å²) in [6, 6.07) is 24.5. The number of hydrogen-bond donors (Lipinski definition) is 1. The zero-order valence-corrected chi connectivity index (χ0v) is 16.8. The zero-order valence-electron chi connectivity index (χ0n) is 16.8. The Labute approximate surface area is 176 Å². The van der Waals surface area contributed by atoms with Crippen molar-refractivity contribution in [2.24, 2.45) is 0 Å². The Morgan fingerprint density at radius 3 is 2.47 bits per heavy atom. The molecule has 1 atom stereocenters. The van der Waals surface area contributed by atoms with Gasteiger partial charge in [-0.05, 0) is 54.8 Å². The van der Waals surface area contributed by atoms with Crippen molar-refractivity contribution in [2.75, 3.05) is 18.5 Å². The van der Waals surface area contributed by atoms with E-state index in [1.54, 1.807) is 12.1 Å². The second kappa shape index (κ2) is 9.94. The molecule has 1 aliphatic heterocycles. The van der Waals surface area contributed by atoms with Crippen LogP contribution in [0.2, 0.25) is 0 Å². The maximum absolute atomic E-state index is 12.8. The van der Waals surface area contributed by atoms with E-state index >= 15 is 0 Å². The highest BCUT2D eigenvalue weighted by atomic mass is 16.5. The molecule has 0 saturated carbocycles. The van der Waals surface area contributed by atoms with E-state index in [0.29, 0.717) is 30.2 Å². The number of anilines is 1. The lowest BCUT2D eigenvalue weighted by Gasteiger charge is -2.13. The van der Waals surface area contributed by atoms with Gasteiger partial charge < -0.3 is 19.5 Å².